The van der Waals surface area contributed by atoms with Gasteiger partial charge < -0.3 is 10.1 Å². The maximum atomic E-state index is 12.5. The van der Waals surface area contributed by atoms with E-state index < -0.39 is 6.36 Å². The number of piperidine rings is 1. The lowest BCUT2D eigenvalue weighted by Crippen LogP contribution is -2.32. The van der Waals surface area contributed by atoms with Crippen molar-refractivity contribution in [2.45, 2.75) is 43.1 Å². The number of alkyl halides is 3. The van der Waals surface area contributed by atoms with Gasteiger partial charge in [0.05, 0.1) is 0 Å². The minimum absolute atomic E-state index is 0.0839. The Morgan fingerprint density at radius 2 is 1.69 bits per heavy atom. The molecule has 1 N–H and O–H groups in total. The molecule has 3 aromatic rings. The van der Waals surface area contributed by atoms with Crippen LogP contribution in [0.25, 0.3) is 0 Å². The molecule has 0 bridgehead atoms. The molecule has 0 saturated carbocycles. The monoisotopic (exact) mass is 514 g/mol. The fourth-order valence-corrected chi connectivity index (χ4v) is 4.87. The molecule has 8 heteroatoms. The smallest absolute Gasteiger partial charge is 0.406 e. The molecule has 0 spiro atoms. The van der Waals surface area contributed by atoms with E-state index in [0.29, 0.717) is 24.6 Å². The first kappa shape index (κ1) is 26.1. The van der Waals surface area contributed by atoms with E-state index in [0.717, 1.165) is 42.0 Å². The summed E-state index contributed by atoms with van der Waals surface area (Å²) in [5.74, 6) is 0.160. The summed E-state index contributed by atoms with van der Waals surface area (Å²) in [5.41, 5.74) is 3.97. The van der Waals surface area contributed by atoms with E-state index in [-0.39, 0.29) is 11.7 Å². The van der Waals surface area contributed by atoms with Gasteiger partial charge in [-0.25, -0.2) is 0 Å². The second-order valence-corrected chi connectivity index (χ2v) is 9.78. The Hall–Kier alpha value is -2.97. The van der Waals surface area contributed by atoms with Crippen LogP contribution in [0.5, 0.6) is 5.75 Å². The van der Waals surface area contributed by atoms with E-state index in [1.54, 1.807) is 23.9 Å². The van der Waals surface area contributed by atoms with Crippen LogP contribution in [0.3, 0.4) is 0 Å². The normalized spacial score (nSPS) is 15.0. The number of nitrogens with zero attached hydrogens (tertiary/aromatic N) is 1. The van der Waals surface area contributed by atoms with Gasteiger partial charge in [-0.05, 0) is 91.2 Å². The maximum Gasteiger partial charge on any atom is 0.573 e. The Bertz CT molecular complexity index is 1140. The van der Waals surface area contributed by atoms with Gasteiger partial charge in [0.2, 0.25) is 0 Å². The lowest BCUT2D eigenvalue weighted by Gasteiger charge is -2.32. The van der Waals surface area contributed by atoms with Gasteiger partial charge in [0.25, 0.3) is 5.91 Å². The van der Waals surface area contributed by atoms with Crippen molar-refractivity contribution in [2.24, 2.45) is 0 Å². The molecule has 0 radical (unpaired) electrons. The lowest BCUT2D eigenvalue weighted by atomic mass is 9.88. The molecule has 1 aliphatic rings. The van der Waals surface area contributed by atoms with Gasteiger partial charge in [0, 0.05) is 23.5 Å². The highest BCUT2D eigenvalue weighted by Gasteiger charge is 2.31. The van der Waals surface area contributed by atoms with Crippen LogP contribution in [0.4, 0.5) is 13.2 Å². The molecule has 1 amide bonds. The second-order valence-electron chi connectivity index (χ2n) is 8.90. The summed E-state index contributed by atoms with van der Waals surface area (Å²) < 4.78 is 41.0. The van der Waals surface area contributed by atoms with E-state index in [1.165, 1.54) is 17.7 Å². The SMILES string of the molecule is CSc1ccc(C(=O)NCc2cccc(C3CCN(Cc4ccc(OC(F)(F)F)cc4)CC3)c2)cc1. The number of nitrogens with one attached hydrogen (secondary N) is 1. The van der Waals surface area contributed by atoms with E-state index in [1.807, 2.05) is 42.7 Å². The van der Waals surface area contributed by atoms with Crippen LogP contribution >= 0.6 is 11.8 Å². The molecule has 36 heavy (non-hydrogen) atoms. The van der Waals surface area contributed by atoms with Gasteiger partial charge in [-0.3, -0.25) is 9.69 Å². The fraction of sp³-hybridized carbons (Fsp3) is 0.321. The molecule has 1 heterocycles. The topological polar surface area (TPSA) is 41.6 Å². The van der Waals surface area contributed by atoms with Crippen molar-refractivity contribution in [3.05, 3.63) is 95.1 Å². The molecule has 0 aliphatic carbocycles. The summed E-state index contributed by atoms with van der Waals surface area (Å²) in [5, 5.41) is 3.01. The van der Waals surface area contributed by atoms with Crippen LogP contribution in [0.15, 0.2) is 77.7 Å². The highest BCUT2D eigenvalue weighted by molar-refractivity contribution is 7.98. The quantitative estimate of drug-likeness (QED) is 0.343. The molecule has 1 saturated heterocycles. The second kappa shape index (κ2) is 11.8. The van der Waals surface area contributed by atoms with Gasteiger partial charge in [-0.15, -0.1) is 24.9 Å². The molecular weight excluding hydrogens is 485 g/mol. The number of ether oxygens (including phenoxy) is 1. The van der Waals surface area contributed by atoms with Gasteiger partial charge in [0.15, 0.2) is 0 Å². The maximum absolute atomic E-state index is 12.5. The Labute approximate surface area is 213 Å². The molecule has 1 aliphatic heterocycles. The first-order chi connectivity index (χ1) is 17.3. The third kappa shape index (κ3) is 7.51. The number of hydrogen-bond donors (Lipinski definition) is 1. The Kier molecular flexibility index (Phi) is 8.59. The molecule has 190 valence electrons. The first-order valence-electron chi connectivity index (χ1n) is 11.9. The number of rotatable bonds is 8. The first-order valence-corrected chi connectivity index (χ1v) is 13.1. The molecule has 4 rings (SSSR count). The standard InChI is InChI=1S/C28H29F3N2O2S/c1-36-26-11-7-23(8-12-26)27(34)32-18-21-3-2-4-24(17-21)22-13-15-33(16-14-22)19-20-5-9-25(10-6-20)35-28(29,30)31/h2-12,17,22H,13-16,18-19H2,1H3,(H,32,34). The van der Waals surface area contributed by atoms with E-state index in [2.05, 4.69) is 27.1 Å². The third-order valence-electron chi connectivity index (χ3n) is 6.38. The highest BCUT2D eigenvalue weighted by atomic mass is 32.2. The van der Waals surface area contributed by atoms with Gasteiger partial charge in [0.1, 0.15) is 5.75 Å². The number of carbonyl (C=O) groups is 1. The molecule has 1 fully saturated rings. The summed E-state index contributed by atoms with van der Waals surface area (Å²) in [7, 11) is 0. The molecule has 3 aromatic carbocycles. The zero-order valence-corrected chi connectivity index (χ0v) is 20.9. The minimum atomic E-state index is -4.67. The number of amides is 1. The number of halogens is 3. The molecule has 0 unspecified atom stereocenters. The molecular formula is C28H29F3N2O2S. The van der Waals surface area contributed by atoms with E-state index in [4.69, 9.17) is 0 Å². The van der Waals surface area contributed by atoms with Crippen molar-refractivity contribution in [3.8, 4) is 5.75 Å². The zero-order chi connectivity index (χ0) is 25.5. The van der Waals surface area contributed by atoms with Crippen molar-refractivity contribution in [1.82, 2.24) is 10.2 Å². The van der Waals surface area contributed by atoms with Crippen LogP contribution in [-0.2, 0) is 13.1 Å². The summed E-state index contributed by atoms with van der Waals surface area (Å²) >= 11 is 1.64. The van der Waals surface area contributed by atoms with Crippen molar-refractivity contribution in [3.63, 3.8) is 0 Å². The van der Waals surface area contributed by atoms with E-state index >= 15 is 0 Å². The summed E-state index contributed by atoms with van der Waals surface area (Å²) in [4.78, 5) is 15.9. The number of likely N-dealkylation sites (tertiary alicyclic amines) is 1. The Balaban J connectivity index is 1.26. The summed E-state index contributed by atoms with van der Waals surface area (Å²) in [6.07, 6.45) is -0.656. The predicted molar refractivity (Wildman–Crippen MR) is 136 cm³/mol. The summed E-state index contributed by atoms with van der Waals surface area (Å²) in [6, 6.07) is 22.1. The van der Waals surface area contributed by atoms with Crippen LogP contribution in [0.2, 0.25) is 0 Å². The van der Waals surface area contributed by atoms with Crippen LogP contribution < -0.4 is 10.1 Å². The molecule has 0 atom stereocenters. The highest BCUT2D eigenvalue weighted by Crippen LogP contribution is 2.30. The lowest BCUT2D eigenvalue weighted by molar-refractivity contribution is -0.274. The number of hydrogen-bond acceptors (Lipinski definition) is 4. The van der Waals surface area contributed by atoms with Gasteiger partial charge >= 0.3 is 6.36 Å². The Morgan fingerprint density at radius 1 is 1.00 bits per heavy atom. The average molecular weight is 515 g/mol. The zero-order valence-electron chi connectivity index (χ0n) is 20.1. The number of benzene rings is 3. The number of carbonyl (C=O) groups excluding carboxylic acids is 1. The van der Waals surface area contributed by atoms with Crippen LogP contribution in [-0.4, -0.2) is 36.5 Å². The number of thioether (sulfide) groups is 1. The van der Waals surface area contributed by atoms with Crippen LogP contribution in [0.1, 0.15) is 45.8 Å². The fourth-order valence-electron chi connectivity index (χ4n) is 4.46. The Morgan fingerprint density at radius 3 is 2.33 bits per heavy atom. The van der Waals surface area contributed by atoms with Gasteiger partial charge in [-0.1, -0.05) is 36.4 Å². The largest absolute Gasteiger partial charge is 0.573 e. The third-order valence-corrected chi connectivity index (χ3v) is 7.12. The van der Waals surface area contributed by atoms with Gasteiger partial charge in [-0.2, -0.15) is 0 Å². The summed E-state index contributed by atoms with van der Waals surface area (Å²) in [6.45, 7) is 3.00. The average Bonchev–Trinajstić information content (AvgIpc) is 2.88. The van der Waals surface area contributed by atoms with Crippen molar-refractivity contribution in [2.75, 3.05) is 19.3 Å². The van der Waals surface area contributed by atoms with Crippen molar-refractivity contribution in [1.29, 1.82) is 0 Å². The van der Waals surface area contributed by atoms with E-state index in [9.17, 15) is 18.0 Å². The molecule has 0 aromatic heterocycles. The van der Waals surface area contributed by atoms with Crippen LogP contribution in [0, 0.1) is 0 Å². The van der Waals surface area contributed by atoms with Crippen molar-refractivity contribution < 1.29 is 22.7 Å². The van der Waals surface area contributed by atoms with Crippen molar-refractivity contribution >= 4 is 17.7 Å². The predicted octanol–water partition coefficient (Wildman–Crippen LogP) is 6.62. The minimum Gasteiger partial charge on any atom is -0.406 e. The molecule has 4 nitrogen and oxygen atoms in total.